The Morgan fingerprint density at radius 3 is 2.44 bits per heavy atom. The number of morpholine rings is 1. The van der Waals surface area contributed by atoms with E-state index in [0.29, 0.717) is 18.0 Å². The Hall–Kier alpha value is -2.13. The lowest BCUT2D eigenvalue weighted by molar-refractivity contribution is -0.384. The second-order valence-electron chi connectivity index (χ2n) is 5.76. The van der Waals surface area contributed by atoms with E-state index in [0.717, 1.165) is 0 Å². The first-order chi connectivity index (χ1) is 11.8. The summed E-state index contributed by atoms with van der Waals surface area (Å²) in [6, 6.07) is 5.88. The first kappa shape index (κ1) is 19.2. The Morgan fingerprint density at radius 1 is 1.28 bits per heavy atom. The van der Waals surface area contributed by atoms with Crippen LogP contribution in [0.3, 0.4) is 0 Å². The third-order valence-electron chi connectivity index (χ3n) is 3.53. The fourth-order valence-electron chi connectivity index (χ4n) is 2.46. The standard InChI is InChI=1S/C16H20N2O6S/c1-11-7-17(8-12(2)24-11)15(19)9-23-16(20)10-25-14-5-3-13(4-6-14)18(21)22/h3-6,11-12H,7-10H2,1-2H3/t11-,12-/m0/s1. The van der Waals surface area contributed by atoms with Crippen LogP contribution < -0.4 is 0 Å². The molecule has 0 radical (unpaired) electrons. The van der Waals surface area contributed by atoms with E-state index in [-0.39, 0.29) is 36.2 Å². The molecule has 136 valence electrons. The summed E-state index contributed by atoms with van der Waals surface area (Å²) >= 11 is 1.19. The molecule has 0 unspecified atom stereocenters. The van der Waals surface area contributed by atoms with E-state index in [4.69, 9.17) is 9.47 Å². The molecule has 0 N–H and O–H groups in total. The average molecular weight is 368 g/mol. The van der Waals surface area contributed by atoms with Crippen LogP contribution in [0.1, 0.15) is 13.8 Å². The zero-order chi connectivity index (χ0) is 18.4. The quantitative estimate of drug-likeness (QED) is 0.327. The Labute approximate surface area is 149 Å². The molecule has 1 aromatic rings. The number of nitro benzene ring substituents is 1. The predicted octanol–water partition coefficient (Wildman–Crippen LogP) is 1.87. The van der Waals surface area contributed by atoms with E-state index in [1.165, 1.54) is 23.9 Å². The van der Waals surface area contributed by atoms with Crippen LogP contribution in [0.5, 0.6) is 0 Å². The Bertz CT molecular complexity index is 626. The molecule has 1 amide bonds. The van der Waals surface area contributed by atoms with Gasteiger partial charge in [-0.05, 0) is 26.0 Å². The van der Waals surface area contributed by atoms with Crippen molar-refractivity contribution >= 4 is 29.3 Å². The van der Waals surface area contributed by atoms with Crippen molar-refractivity contribution < 1.29 is 24.0 Å². The molecular formula is C16H20N2O6S. The van der Waals surface area contributed by atoms with Crippen LogP contribution in [0, 0.1) is 10.1 Å². The number of carbonyl (C=O) groups excluding carboxylic acids is 2. The fourth-order valence-corrected chi connectivity index (χ4v) is 3.16. The third kappa shape index (κ3) is 6.02. The molecule has 1 fully saturated rings. The summed E-state index contributed by atoms with van der Waals surface area (Å²) in [5, 5.41) is 10.6. The van der Waals surface area contributed by atoms with E-state index in [2.05, 4.69) is 0 Å². The highest BCUT2D eigenvalue weighted by Gasteiger charge is 2.26. The number of thioether (sulfide) groups is 1. The lowest BCUT2D eigenvalue weighted by Crippen LogP contribution is -2.49. The molecule has 1 aliphatic rings. The van der Waals surface area contributed by atoms with E-state index in [1.54, 1.807) is 17.0 Å². The van der Waals surface area contributed by atoms with Crippen molar-refractivity contribution in [2.24, 2.45) is 0 Å². The van der Waals surface area contributed by atoms with Crippen LogP contribution in [-0.2, 0) is 19.1 Å². The maximum Gasteiger partial charge on any atom is 0.316 e. The molecule has 1 saturated heterocycles. The van der Waals surface area contributed by atoms with Gasteiger partial charge in [0.2, 0.25) is 0 Å². The number of rotatable bonds is 6. The minimum atomic E-state index is -0.508. The van der Waals surface area contributed by atoms with Crippen LogP contribution in [0.15, 0.2) is 29.2 Å². The number of nitrogens with zero attached hydrogens (tertiary/aromatic N) is 2. The largest absolute Gasteiger partial charge is 0.455 e. The number of non-ortho nitro benzene ring substituents is 1. The summed E-state index contributed by atoms with van der Waals surface area (Å²) in [6.45, 7) is 4.46. The smallest absolute Gasteiger partial charge is 0.316 e. The van der Waals surface area contributed by atoms with Gasteiger partial charge in [-0.25, -0.2) is 0 Å². The summed E-state index contributed by atoms with van der Waals surface area (Å²) in [5.41, 5.74) is -0.00788. The first-order valence-corrected chi connectivity index (χ1v) is 8.80. The maximum absolute atomic E-state index is 12.1. The van der Waals surface area contributed by atoms with E-state index in [9.17, 15) is 19.7 Å². The van der Waals surface area contributed by atoms with E-state index in [1.807, 2.05) is 13.8 Å². The second kappa shape index (κ2) is 8.82. The van der Waals surface area contributed by atoms with Gasteiger partial charge < -0.3 is 14.4 Å². The number of amides is 1. The van der Waals surface area contributed by atoms with Crippen LogP contribution >= 0.6 is 11.8 Å². The van der Waals surface area contributed by atoms with Crippen LogP contribution in [0.25, 0.3) is 0 Å². The van der Waals surface area contributed by atoms with Gasteiger partial charge >= 0.3 is 5.97 Å². The SMILES string of the molecule is C[C@H]1CN(C(=O)COC(=O)CSc2ccc([N+](=O)[O-])cc2)C[C@H](C)O1. The molecule has 0 aliphatic carbocycles. The molecule has 0 spiro atoms. The molecule has 0 bridgehead atoms. The highest BCUT2D eigenvalue weighted by Crippen LogP contribution is 2.21. The molecule has 0 saturated carbocycles. The van der Waals surface area contributed by atoms with Gasteiger partial charge in [0.1, 0.15) is 0 Å². The van der Waals surface area contributed by atoms with E-state index >= 15 is 0 Å². The highest BCUT2D eigenvalue weighted by atomic mass is 32.2. The molecule has 8 nitrogen and oxygen atoms in total. The number of hydrogen-bond acceptors (Lipinski definition) is 7. The Morgan fingerprint density at radius 2 is 1.88 bits per heavy atom. The van der Waals surface area contributed by atoms with Crippen molar-refractivity contribution in [3.63, 3.8) is 0 Å². The average Bonchev–Trinajstić information content (AvgIpc) is 2.57. The van der Waals surface area contributed by atoms with Crippen molar-refractivity contribution in [1.82, 2.24) is 4.90 Å². The Kier molecular flexibility index (Phi) is 6.77. The van der Waals surface area contributed by atoms with Crippen molar-refractivity contribution in [1.29, 1.82) is 0 Å². The molecule has 1 aromatic carbocycles. The summed E-state index contributed by atoms with van der Waals surface area (Å²) < 4.78 is 10.6. The van der Waals surface area contributed by atoms with Gasteiger partial charge in [-0.1, -0.05) is 0 Å². The highest BCUT2D eigenvalue weighted by molar-refractivity contribution is 8.00. The number of carbonyl (C=O) groups is 2. The minimum Gasteiger partial charge on any atom is -0.455 e. The van der Waals surface area contributed by atoms with Gasteiger partial charge in [0.15, 0.2) is 6.61 Å². The lowest BCUT2D eigenvalue weighted by atomic mass is 10.2. The second-order valence-corrected chi connectivity index (χ2v) is 6.81. The van der Waals surface area contributed by atoms with Crippen LogP contribution in [-0.4, -0.2) is 59.4 Å². The minimum absolute atomic E-state index is 0.00788. The first-order valence-electron chi connectivity index (χ1n) is 7.81. The molecule has 0 aromatic heterocycles. The lowest BCUT2D eigenvalue weighted by Gasteiger charge is -2.35. The van der Waals surface area contributed by atoms with Crippen LogP contribution in [0.4, 0.5) is 5.69 Å². The van der Waals surface area contributed by atoms with Gasteiger partial charge in [0, 0.05) is 30.1 Å². The third-order valence-corrected chi connectivity index (χ3v) is 4.52. The van der Waals surface area contributed by atoms with Crippen molar-refractivity contribution in [3.05, 3.63) is 34.4 Å². The number of esters is 1. The normalized spacial score (nSPS) is 20.2. The summed E-state index contributed by atoms with van der Waals surface area (Å²) in [4.78, 5) is 36.3. The Balaban J connectivity index is 1.73. The van der Waals surface area contributed by atoms with Gasteiger partial charge in [-0.15, -0.1) is 11.8 Å². The number of benzene rings is 1. The van der Waals surface area contributed by atoms with Gasteiger partial charge in [-0.2, -0.15) is 0 Å². The monoisotopic (exact) mass is 368 g/mol. The molecule has 2 rings (SSSR count). The van der Waals surface area contributed by atoms with Crippen molar-refractivity contribution in [2.45, 2.75) is 31.0 Å². The number of ether oxygens (including phenoxy) is 2. The molecule has 2 atom stereocenters. The summed E-state index contributed by atoms with van der Waals surface area (Å²) in [6.07, 6.45) is -0.0813. The predicted molar refractivity (Wildman–Crippen MR) is 91.4 cm³/mol. The number of hydrogen-bond donors (Lipinski definition) is 0. The molecule has 1 heterocycles. The van der Waals surface area contributed by atoms with Gasteiger partial charge in [0.25, 0.3) is 11.6 Å². The molecule has 1 aliphatic heterocycles. The number of nitro groups is 1. The van der Waals surface area contributed by atoms with Gasteiger partial charge in [0.05, 0.1) is 22.9 Å². The maximum atomic E-state index is 12.1. The summed E-state index contributed by atoms with van der Waals surface area (Å²) in [5.74, 6) is -0.720. The zero-order valence-corrected chi connectivity index (χ0v) is 14.9. The summed E-state index contributed by atoms with van der Waals surface area (Å²) in [7, 11) is 0. The van der Waals surface area contributed by atoms with Gasteiger partial charge in [-0.3, -0.25) is 19.7 Å². The topological polar surface area (TPSA) is 99.0 Å². The molecular weight excluding hydrogens is 348 g/mol. The van der Waals surface area contributed by atoms with Crippen molar-refractivity contribution in [2.75, 3.05) is 25.4 Å². The van der Waals surface area contributed by atoms with Crippen molar-refractivity contribution in [3.8, 4) is 0 Å². The zero-order valence-electron chi connectivity index (χ0n) is 14.0. The fraction of sp³-hybridized carbons (Fsp3) is 0.500. The van der Waals surface area contributed by atoms with E-state index < -0.39 is 10.9 Å². The van der Waals surface area contributed by atoms with Crippen LogP contribution in [0.2, 0.25) is 0 Å². The molecule has 9 heteroatoms. The molecule has 25 heavy (non-hydrogen) atoms.